The van der Waals surface area contributed by atoms with Crippen molar-refractivity contribution in [3.05, 3.63) is 40.1 Å². The molecule has 0 radical (unpaired) electrons. The van der Waals surface area contributed by atoms with E-state index >= 15 is 0 Å². The zero-order chi connectivity index (χ0) is 12.5. The molecular weight excluding hydrogens is 232 g/mol. The Morgan fingerprint density at radius 3 is 2.76 bits per heavy atom. The van der Waals surface area contributed by atoms with Gasteiger partial charge >= 0.3 is 0 Å². The van der Waals surface area contributed by atoms with Crippen LogP contribution in [0.1, 0.15) is 41.8 Å². The minimum absolute atomic E-state index is 0.0966. The smallest absolute Gasteiger partial charge is 0.151 e. The number of carbonyl (C=O) groups excluding carboxylic acids is 1. The average Bonchev–Trinajstić information content (AvgIpc) is 2.86. The molecule has 0 fully saturated rings. The molecule has 0 aliphatic heterocycles. The van der Waals surface area contributed by atoms with E-state index in [1.54, 1.807) is 11.3 Å². The Morgan fingerprint density at radius 2 is 2.24 bits per heavy atom. The number of carbonyl (C=O) groups is 1. The summed E-state index contributed by atoms with van der Waals surface area (Å²) in [6.45, 7) is 7.21. The SMILES string of the molecule is CC(C)(C)c1csc(Cn2ccc(C=O)c2)n1. The Morgan fingerprint density at radius 1 is 1.47 bits per heavy atom. The van der Waals surface area contributed by atoms with Crippen molar-refractivity contribution in [3.63, 3.8) is 0 Å². The van der Waals surface area contributed by atoms with E-state index in [0.717, 1.165) is 23.5 Å². The van der Waals surface area contributed by atoms with E-state index in [0.29, 0.717) is 5.56 Å². The van der Waals surface area contributed by atoms with Gasteiger partial charge in [-0.3, -0.25) is 4.79 Å². The topological polar surface area (TPSA) is 34.9 Å². The third-order valence-corrected chi connectivity index (χ3v) is 3.38. The van der Waals surface area contributed by atoms with E-state index in [2.05, 4.69) is 31.1 Å². The summed E-state index contributed by atoms with van der Waals surface area (Å²) in [5, 5.41) is 3.18. The van der Waals surface area contributed by atoms with Crippen LogP contribution in [-0.4, -0.2) is 15.8 Å². The van der Waals surface area contributed by atoms with Crippen molar-refractivity contribution in [2.24, 2.45) is 0 Å². The maximum atomic E-state index is 10.6. The molecule has 4 heteroatoms. The summed E-state index contributed by atoms with van der Waals surface area (Å²) >= 11 is 1.67. The third-order valence-electron chi connectivity index (χ3n) is 2.55. The lowest BCUT2D eigenvalue weighted by molar-refractivity contribution is 0.112. The number of aldehydes is 1. The van der Waals surface area contributed by atoms with Crippen molar-refractivity contribution in [3.8, 4) is 0 Å². The summed E-state index contributed by atoms with van der Waals surface area (Å²) in [5.41, 5.74) is 1.93. The van der Waals surface area contributed by atoms with E-state index in [9.17, 15) is 4.79 Å². The van der Waals surface area contributed by atoms with Crippen molar-refractivity contribution < 1.29 is 4.79 Å². The molecule has 0 saturated carbocycles. The van der Waals surface area contributed by atoms with E-state index in [1.807, 2.05) is 23.0 Å². The second kappa shape index (κ2) is 4.45. The highest BCUT2D eigenvalue weighted by atomic mass is 32.1. The first-order valence-electron chi connectivity index (χ1n) is 5.55. The molecule has 0 aliphatic rings. The van der Waals surface area contributed by atoms with Crippen molar-refractivity contribution in [2.45, 2.75) is 32.7 Å². The Kier molecular flexibility index (Phi) is 3.15. The highest BCUT2D eigenvalue weighted by molar-refractivity contribution is 7.09. The molecule has 0 aromatic carbocycles. The molecule has 2 heterocycles. The van der Waals surface area contributed by atoms with Gasteiger partial charge in [-0.2, -0.15) is 0 Å². The van der Waals surface area contributed by atoms with Crippen LogP contribution < -0.4 is 0 Å². The number of rotatable bonds is 3. The second-order valence-electron chi connectivity index (χ2n) is 5.11. The van der Waals surface area contributed by atoms with E-state index in [1.165, 1.54) is 0 Å². The van der Waals surface area contributed by atoms with E-state index in [-0.39, 0.29) is 5.41 Å². The van der Waals surface area contributed by atoms with Gasteiger partial charge in [0.2, 0.25) is 0 Å². The normalized spacial score (nSPS) is 11.7. The highest BCUT2D eigenvalue weighted by Crippen LogP contribution is 2.24. The van der Waals surface area contributed by atoms with Gasteiger partial charge in [-0.05, 0) is 6.07 Å². The number of thiazole rings is 1. The molecule has 0 bridgehead atoms. The van der Waals surface area contributed by atoms with Crippen LogP contribution in [0.5, 0.6) is 0 Å². The first kappa shape index (κ1) is 12.0. The maximum Gasteiger partial charge on any atom is 0.151 e. The molecule has 3 nitrogen and oxygen atoms in total. The Labute approximate surface area is 105 Å². The molecule has 17 heavy (non-hydrogen) atoms. The van der Waals surface area contributed by atoms with Crippen LogP contribution in [0.2, 0.25) is 0 Å². The van der Waals surface area contributed by atoms with E-state index < -0.39 is 0 Å². The molecule has 2 aromatic heterocycles. The van der Waals surface area contributed by atoms with Gasteiger partial charge in [0, 0.05) is 28.8 Å². The summed E-state index contributed by atoms with van der Waals surface area (Å²) in [4.78, 5) is 15.2. The minimum Gasteiger partial charge on any atom is -0.347 e. The molecule has 0 unspecified atom stereocenters. The van der Waals surface area contributed by atoms with Crippen LogP contribution in [0.4, 0.5) is 0 Å². The Balaban J connectivity index is 2.14. The van der Waals surface area contributed by atoms with Crippen LogP contribution in [0.25, 0.3) is 0 Å². The second-order valence-corrected chi connectivity index (χ2v) is 6.05. The lowest BCUT2D eigenvalue weighted by Gasteiger charge is -2.14. The van der Waals surface area contributed by atoms with Gasteiger partial charge in [0.1, 0.15) is 5.01 Å². The van der Waals surface area contributed by atoms with Gasteiger partial charge < -0.3 is 4.57 Å². The summed E-state index contributed by atoms with van der Waals surface area (Å²) in [6, 6.07) is 1.81. The van der Waals surface area contributed by atoms with Crippen LogP contribution in [0.3, 0.4) is 0 Å². The number of aromatic nitrogens is 2. The minimum atomic E-state index is 0.0966. The number of hydrogen-bond donors (Lipinski definition) is 0. The zero-order valence-corrected chi connectivity index (χ0v) is 11.1. The van der Waals surface area contributed by atoms with Gasteiger partial charge in [-0.1, -0.05) is 20.8 Å². The molecule has 0 spiro atoms. The van der Waals surface area contributed by atoms with Crippen LogP contribution in [-0.2, 0) is 12.0 Å². The van der Waals surface area contributed by atoms with Gasteiger partial charge in [0.15, 0.2) is 6.29 Å². The first-order chi connectivity index (χ1) is 7.99. The Bertz CT molecular complexity index is 520. The molecule has 90 valence electrons. The van der Waals surface area contributed by atoms with Gasteiger partial charge in [0.05, 0.1) is 12.2 Å². The average molecular weight is 248 g/mol. The number of nitrogens with zero attached hydrogens (tertiary/aromatic N) is 2. The predicted molar refractivity (Wildman–Crippen MR) is 69.7 cm³/mol. The zero-order valence-electron chi connectivity index (χ0n) is 10.3. The third kappa shape index (κ3) is 2.82. The lowest BCUT2D eigenvalue weighted by atomic mass is 9.93. The monoisotopic (exact) mass is 248 g/mol. The highest BCUT2D eigenvalue weighted by Gasteiger charge is 2.17. The molecule has 0 amide bonds. The summed E-state index contributed by atoms with van der Waals surface area (Å²) in [7, 11) is 0. The maximum absolute atomic E-state index is 10.6. The molecular formula is C13H16N2OS. The largest absolute Gasteiger partial charge is 0.347 e. The van der Waals surface area contributed by atoms with E-state index in [4.69, 9.17) is 0 Å². The fraction of sp³-hybridized carbons (Fsp3) is 0.385. The van der Waals surface area contributed by atoms with Crippen molar-refractivity contribution in [2.75, 3.05) is 0 Å². The lowest BCUT2D eigenvalue weighted by Crippen LogP contribution is -2.11. The molecule has 2 rings (SSSR count). The van der Waals surface area contributed by atoms with Gasteiger partial charge in [-0.15, -0.1) is 11.3 Å². The predicted octanol–water partition coefficient (Wildman–Crippen LogP) is 3.10. The van der Waals surface area contributed by atoms with Gasteiger partial charge in [-0.25, -0.2) is 4.98 Å². The quantitative estimate of drug-likeness (QED) is 0.782. The van der Waals surface area contributed by atoms with Crippen LogP contribution in [0.15, 0.2) is 23.8 Å². The van der Waals surface area contributed by atoms with Gasteiger partial charge in [0.25, 0.3) is 0 Å². The molecule has 0 saturated heterocycles. The molecule has 0 atom stereocenters. The first-order valence-corrected chi connectivity index (χ1v) is 6.43. The molecule has 2 aromatic rings. The fourth-order valence-corrected chi connectivity index (χ4v) is 2.54. The van der Waals surface area contributed by atoms with Crippen LogP contribution >= 0.6 is 11.3 Å². The summed E-state index contributed by atoms with van der Waals surface area (Å²) in [5.74, 6) is 0. The fourth-order valence-electron chi connectivity index (χ4n) is 1.51. The summed E-state index contributed by atoms with van der Waals surface area (Å²) in [6.07, 6.45) is 4.60. The van der Waals surface area contributed by atoms with Crippen LogP contribution in [0, 0.1) is 0 Å². The summed E-state index contributed by atoms with van der Waals surface area (Å²) < 4.78 is 1.98. The van der Waals surface area contributed by atoms with Crippen molar-refractivity contribution in [1.29, 1.82) is 0 Å². The molecule has 0 aliphatic carbocycles. The Hall–Kier alpha value is -1.42. The molecule has 0 N–H and O–H groups in total. The van der Waals surface area contributed by atoms with Crippen molar-refractivity contribution in [1.82, 2.24) is 9.55 Å². The standard InChI is InChI=1S/C13H16N2OS/c1-13(2,3)11-9-17-12(14-11)7-15-5-4-10(6-15)8-16/h4-6,8-9H,7H2,1-3H3. The number of hydrogen-bond acceptors (Lipinski definition) is 3. The van der Waals surface area contributed by atoms with Crippen molar-refractivity contribution >= 4 is 17.6 Å².